The lowest BCUT2D eigenvalue weighted by molar-refractivity contribution is -0.117. The Labute approximate surface area is 193 Å². The largest absolute Gasteiger partial charge is 0.294 e. The maximum atomic E-state index is 12.9. The number of rotatable bonds is 5. The van der Waals surface area contributed by atoms with Crippen LogP contribution in [0.25, 0.3) is 6.08 Å². The summed E-state index contributed by atoms with van der Waals surface area (Å²) in [5.41, 5.74) is 4.02. The maximum Gasteiger partial charge on any atom is 0.161 e. The van der Waals surface area contributed by atoms with Crippen molar-refractivity contribution < 1.29 is 4.79 Å². The van der Waals surface area contributed by atoms with E-state index in [0.29, 0.717) is 19.5 Å². The molecule has 32 heavy (non-hydrogen) atoms. The van der Waals surface area contributed by atoms with Gasteiger partial charge in [0.15, 0.2) is 5.78 Å². The summed E-state index contributed by atoms with van der Waals surface area (Å²) in [6, 6.07) is 36.2. The van der Waals surface area contributed by atoms with Crippen molar-refractivity contribution in [3.63, 3.8) is 0 Å². The lowest BCUT2D eigenvalue weighted by Crippen LogP contribution is -2.52. The summed E-state index contributed by atoms with van der Waals surface area (Å²) >= 11 is 1.67. The number of piperidine rings is 1. The molecule has 0 atom stereocenters. The number of benzene rings is 3. The number of carbonyl (C=O) groups is 1. The zero-order valence-electron chi connectivity index (χ0n) is 17.9. The highest BCUT2D eigenvalue weighted by molar-refractivity contribution is 7.10. The normalized spacial score (nSPS) is 16.4. The summed E-state index contributed by atoms with van der Waals surface area (Å²) in [5.74, 6) is 0.248. The van der Waals surface area contributed by atoms with Gasteiger partial charge < -0.3 is 0 Å². The van der Waals surface area contributed by atoms with Crippen LogP contribution in [0.3, 0.4) is 0 Å². The third kappa shape index (κ3) is 3.75. The van der Waals surface area contributed by atoms with Gasteiger partial charge in [0.1, 0.15) is 0 Å². The van der Waals surface area contributed by atoms with E-state index in [1.165, 1.54) is 16.7 Å². The molecule has 158 valence electrons. The van der Waals surface area contributed by atoms with Crippen LogP contribution in [0.2, 0.25) is 0 Å². The molecular formula is C29H25NOS. The Morgan fingerprint density at radius 2 is 1.25 bits per heavy atom. The molecule has 0 N–H and O–H groups in total. The van der Waals surface area contributed by atoms with Gasteiger partial charge in [-0.1, -0.05) is 97.1 Å². The van der Waals surface area contributed by atoms with Gasteiger partial charge in [0.2, 0.25) is 0 Å². The first-order valence-corrected chi connectivity index (χ1v) is 11.9. The third-order valence-electron chi connectivity index (χ3n) is 6.24. The van der Waals surface area contributed by atoms with Crippen LogP contribution in [0.4, 0.5) is 0 Å². The molecule has 0 saturated carbocycles. The van der Waals surface area contributed by atoms with E-state index in [2.05, 4.69) is 113 Å². The van der Waals surface area contributed by atoms with Gasteiger partial charge in [-0.05, 0) is 34.2 Å². The number of likely N-dealkylation sites (tertiary alicyclic amines) is 1. The number of thiophene rings is 1. The molecule has 3 heteroatoms. The third-order valence-corrected chi connectivity index (χ3v) is 7.06. The summed E-state index contributed by atoms with van der Waals surface area (Å²) in [5, 5.41) is 2.06. The predicted octanol–water partition coefficient (Wildman–Crippen LogP) is 6.40. The van der Waals surface area contributed by atoms with Crippen LogP contribution in [-0.4, -0.2) is 23.8 Å². The molecule has 2 nitrogen and oxygen atoms in total. The van der Waals surface area contributed by atoms with Gasteiger partial charge in [0.25, 0.3) is 0 Å². The van der Waals surface area contributed by atoms with Gasteiger partial charge in [-0.25, -0.2) is 0 Å². The highest BCUT2D eigenvalue weighted by Crippen LogP contribution is 2.44. The fourth-order valence-corrected chi connectivity index (χ4v) is 5.49. The number of hydrogen-bond donors (Lipinski definition) is 0. The van der Waals surface area contributed by atoms with Crippen molar-refractivity contribution in [2.75, 3.05) is 13.1 Å². The molecule has 0 amide bonds. The lowest BCUT2D eigenvalue weighted by atomic mass is 9.74. The molecule has 1 aromatic heterocycles. The Morgan fingerprint density at radius 1 is 0.719 bits per heavy atom. The van der Waals surface area contributed by atoms with E-state index in [4.69, 9.17) is 0 Å². The Bertz CT molecular complexity index is 1100. The lowest BCUT2D eigenvalue weighted by Gasteiger charge is -2.47. The minimum absolute atomic E-state index is 0.248. The van der Waals surface area contributed by atoms with Crippen LogP contribution in [0, 0.1) is 0 Å². The molecule has 1 saturated heterocycles. The minimum Gasteiger partial charge on any atom is -0.294 e. The van der Waals surface area contributed by atoms with E-state index in [1.54, 1.807) is 11.3 Å². The number of carbonyl (C=O) groups excluding carboxylic acids is 1. The average molecular weight is 436 g/mol. The second-order valence-electron chi connectivity index (χ2n) is 8.09. The summed E-state index contributed by atoms with van der Waals surface area (Å²) in [4.78, 5) is 16.5. The van der Waals surface area contributed by atoms with Gasteiger partial charge in [0.05, 0.1) is 5.54 Å². The van der Waals surface area contributed by atoms with E-state index in [0.717, 1.165) is 10.5 Å². The van der Waals surface area contributed by atoms with Crippen molar-refractivity contribution in [3.05, 3.63) is 136 Å². The average Bonchev–Trinajstić information content (AvgIpc) is 3.37. The molecule has 1 fully saturated rings. The Kier molecular flexibility index (Phi) is 5.85. The van der Waals surface area contributed by atoms with E-state index in [-0.39, 0.29) is 5.78 Å². The van der Waals surface area contributed by atoms with Crippen LogP contribution in [0.1, 0.15) is 28.0 Å². The molecule has 2 heterocycles. The predicted molar refractivity (Wildman–Crippen MR) is 133 cm³/mol. The maximum absolute atomic E-state index is 12.9. The first-order valence-electron chi connectivity index (χ1n) is 11.0. The molecule has 4 aromatic rings. The van der Waals surface area contributed by atoms with E-state index in [1.807, 2.05) is 6.07 Å². The molecule has 1 aliphatic rings. The Balaban J connectivity index is 1.72. The highest BCUT2D eigenvalue weighted by Gasteiger charge is 2.44. The minimum atomic E-state index is -0.487. The summed E-state index contributed by atoms with van der Waals surface area (Å²) < 4.78 is 0. The van der Waals surface area contributed by atoms with Gasteiger partial charge in [-0.15, -0.1) is 11.3 Å². The Hall–Kier alpha value is -3.27. The first-order chi connectivity index (χ1) is 15.8. The number of hydrogen-bond acceptors (Lipinski definition) is 3. The number of ketones is 1. The van der Waals surface area contributed by atoms with Gasteiger partial charge in [-0.2, -0.15) is 0 Å². The molecule has 1 aliphatic heterocycles. The summed E-state index contributed by atoms with van der Waals surface area (Å²) in [6.07, 6.45) is 2.59. The standard InChI is InChI=1S/C29H25NOS/c31-28-18-19-30(22-23(28)21-27-17-10-20-32-27)29(24-11-4-1-5-12-24,25-13-6-2-7-14-25)26-15-8-3-9-16-26/h1-17,20-21H,18-19,22H2/b23-21+. The molecule has 0 radical (unpaired) electrons. The summed E-state index contributed by atoms with van der Waals surface area (Å²) in [7, 11) is 0. The molecule has 0 unspecified atom stereocenters. The number of Topliss-reactive ketones (excluding diaryl/α,β-unsaturated/α-hetero) is 1. The second kappa shape index (κ2) is 9.07. The van der Waals surface area contributed by atoms with E-state index < -0.39 is 5.54 Å². The molecule has 5 rings (SSSR count). The topological polar surface area (TPSA) is 20.3 Å². The van der Waals surface area contributed by atoms with E-state index in [9.17, 15) is 4.79 Å². The van der Waals surface area contributed by atoms with Crippen molar-refractivity contribution in [2.24, 2.45) is 0 Å². The molecule has 0 aliphatic carbocycles. The zero-order chi connectivity index (χ0) is 21.8. The van der Waals surface area contributed by atoms with Crippen molar-refractivity contribution in [1.82, 2.24) is 4.90 Å². The SMILES string of the molecule is O=C1CCN(C(c2ccccc2)(c2ccccc2)c2ccccc2)C/C1=C\c1cccs1. The fraction of sp³-hybridized carbons (Fsp3) is 0.138. The van der Waals surface area contributed by atoms with Gasteiger partial charge in [0, 0.05) is 30.0 Å². The second-order valence-corrected chi connectivity index (χ2v) is 9.07. The molecule has 0 bridgehead atoms. The zero-order valence-corrected chi connectivity index (χ0v) is 18.7. The van der Waals surface area contributed by atoms with Crippen LogP contribution >= 0.6 is 11.3 Å². The van der Waals surface area contributed by atoms with Crippen molar-refractivity contribution >= 4 is 23.2 Å². The van der Waals surface area contributed by atoms with Gasteiger partial charge in [-0.3, -0.25) is 9.69 Å². The summed E-state index contributed by atoms with van der Waals surface area (Å²) in [6.45, 7) is 1.31. The smallest absolute Gasteiger partial charge is 0.161 e. The van der Waals surface area contributed by atoms with Crippen molar-refractivity contribution in [3.8, 4) is 0 Å². The molecular weight excluding hydrogens is 410 g/mol. The van der Waals surface area contributed by atoms with E-state index >= 15 is 0 Å². The molecule has 0 spiro atoms. The quantitative estimate of drug-likeness (QED) is 0.267. The van der Waals surface area contributed by atoms with Crippen LogP contribution < -0.4 is 0 Å². The monoisotopic (exact) mass is 435 g/mol. The molecule has 3 aromatic carbocycles. The Morgan fingerprint density at radius 3 is 1.72 bits per heavy atom. The van der Waals surface area contributed by atoms with Crippen LogP contribution in [0.5, 0.6) is 0 Å². The fourth-order valence-electron chi connectivity index (χ4n) is 4.81. The highest BCUT2D eigenvalue weighted by atomic mass is 32.1. The van der Waals surface area contributed by atoms with Crippen molar-refractivity contribution in [1.29, 1.82) is 0 Å². The van der Waals surface area contributed by atoms with Crippen LogP contribution in [0.15, 0.2) is 114 Å². The number of nitrogens with zero attached hydrogens (tertiary/aromatic N) is 1. The van der Waals surface area contributed by atoms with Crippen molar-refractivity contribution in [2.45, 2.75) is 12.0 Å². The first kappa shape index (κ1) is 20.6. The van der Waals surface area contributed by atoms with Crippen LogP contribution in [-0.2, 0) is 10.3 Å². The van der Waals surface area contributed by atoms with Gasteiger partial charge >= 0.3 is 0 Å².